The lowest BCUT2D eigenvalue weighted by Crippen LogP contribution is -2.24. The topological polar surface area (TPSA) is 76.0 Å². The number of aromatic nitrogens is 2. The highest BCUT2D eigenvalue weighted by Crippen LogP contribution is 2.30. The summed E-state index contributed by atoms with van der Waals surface area (Å²) < 4.78 is 1.60. The molecule has 1 unspecified atom stereocenters. The van der Waals surface area contributed by atoms with Crippen LogP contribution in [0.3, 0.4) is 0 Å². The molecule has 6 nitrogen and oxygen atoms in total. The van der Waals surface area contributed by atoms with Crippen molar-refractivity contribution >= 4 is 23.2 Å². The number of rotatable bonds is 5. The minimum Gasteiger partial charge on any atom is -0.326 e. The predicted molar refractivity (Wildman–Crippen MR) is 83.4 cm³/mol. The summed E-state index contributed by atoms with van der Waals surface area (Å²) in [6.45, 7) is 1.78. The number of hydrogen-bond donors (Lipinski definition) is 2. The SMILES string of the molecule is CC(C(=O)Nc1ccc(NC(=O)C2CC2)cc1)n1cccn1. The fraction of sp³-hybridized carbons (Fsp3) is 0.312. The lowest BCUT2D eigenvalue weighted by atomic mass is 10.2. The van der Waals surface area contributed by atoms with E-state index in [2.05, 4.69) is 15.7 Å². The van der Waals surface area contributed by atoms with Crippen LogP contribution in [0.1, 0.15) is 25.8 Å². The van der Waals surface area contributed by atoms with Gasteiger partial charge < -0.3 is 10.6 Å². The molecular formula is C16H18N4O2. The minimum atomic E-state index is -0.385. The highest BCUT2D eigenvalue weighted by Gasteiger charge is 2.29. The van der Waals surface area contributed by atoms with Gasteiger partial charge in [0, 0.05) is 29.7 Å². The highest BCUT2D eigenvalue weighted by molar-refractivity contribution is 5.95. The summed E-state index contributed by atoms with van der Waals surface area (Å²) in [4.78, 5) is 23.8. The smallest absolute Gasteiger partial charge is 0.248 e. The molecule has 114 valence electrons. The Hall–Kier alpha value is -2.63. The van der Waals surface area contributed by atoms with Crippen LogP contribution >= 0.6 is 0 Å². The van der Waals surface area contributed by atoms with Gasteiger partial charge in [0.2, 0.25) is 11.8 Å². The molecular weight excluding hydrogens is 280 g/mol. The van der Waals surface area contributed by atoms with Crippen molar-refractivity contribution < 1.29 is 9.59 Å². The molecule has 1 heterocycles. The molecule has 1 aliphatic rings. The number of anilines is 2. The summed E-state index contributed by atoms with van der Waals surface area (Å²) in [5.74, 6) is 0.108. The molecule has 3 rings (SSSR count). The van der Waals surface area contributed by atoms with E-state index in [0.29, 0.717) is 5.69 Å². The summed E-state index contributed by atoms with van der Waals surface area (Å²) in [5, 5.41) is 9.75. The lowest BCUT2D eigenvalue weighted by Gasteiger charge is -2.13. The summed E-state index contributed by atoms with van der Waals surface area (Å²) in [6, 6.07) is 8.51. The molecule has 1 fully saturated rings. The predicted octanol–water partition coefficient (Wildman–Crippen LogP) is 2.43. The zero-order chi connectivity index (χ0) is 15.5. The summed E-state index contributed by atoms with van der Waals surface area (Å²) in [7, 11) is 0. The number of benzene rings is 1. The number of carbonyl (C=O) groups is 2. The standard InChI is InChI=1S/C16H18N4O2/c1-11(20-10-2-9-17-20)15(21)18-13-5-7-14(8-6-13)19-16(22)12-3-4-12/h2,5-12H,3-4H2,1H3,(H,18,21)(H,19,22). The third kappa shape index (κ3) is 3.33. The highest BCUT2D eigenvalue weighted by atomic mass is 16.2. The molecule has 2 aromatic rings. The molecule has 6 heteroatoms. The third-order valence-electron chi connectivity index (χ3n) is 3.67. The first kappa shape index (κ1) is 14.3. The Morgan fingerprint density at radius 3 is 2.36 bits per heavy atom. The summed E-state index contributed by atoms with van der Waals surface area (Å²) >= 11 is 0. The van der Waals surface area contributed by atoms with E-state index in [9.17, 15) is 9.59 Å². The molecule has 0 aliphatic heterocycles. The van der Waals surface area contributed by atoms with Crippen molar-refractivity contribution in [3.63, 3.8) is 0 Å². The molecule has 0 spiro atoms. The first-order chi connectivity index (χ1) is 10.6. The van der Waals surface area contributed by atoms with Gasteiger partial charge in [-0.05, 0) is 50.1 Å². The molecule has 1 saturated carbocycles. The number of carbonyl (C=O) groups excluding carboxylic acids is 2. The maximum absolute atomic E-state index is 12.1. The lowest BCUT2D eigenvalue weighted by molar-refractivity contribution is -0.119. The maximum Gasteiger partial charge on any atom is 0.248 e. The van der Waals surface area contributed by atoms with E-state index in [1.54, 1.807) is 54.3 Å². The van der Waals surface area contributed by atoms with Crippen LogP contribution in [0.5, 0.6) is 0 Å². The molecule has 0 radical (unpaired) electrons. The molecule has 2 amide bonds. The van der Waals surface area contributed by atoms with E-state index < -0.39 is 0 Å². The molecule has 1 aromatic heterocycles. The van der Waals surface area contributed by atoms with Crippen molar-refractivity contribution in [3.05, 3.63) is 42.7 Å². The quantitative estimate of drug-likeness (QED) is 0.890. The van der Waals surface area contributed by atoms with Crippen molar-refractivity contribution in [1.82, 2.24) is 9.78 Å². The molecule has 0 bridgehead atoms. The average molecular weight is 298 g/mol. The molecule has 1 atom stereocenters. The van der Waals surface area contributed by atoms with Gasteiger partial charge in [0.05, 0.1) is 0 Å². The van der Waals surface area contributed by atoms with Crippen molar-refractivity contribution in [2.75, 3.05) is 10.6 Å². The van der Waals surface area contributed by atoms with Crippen LogP contribution < -0.4 is 10.6 Å². The third-order valence-corrected chi connectivity index (χ3v) is 3.67. The largest absolute Gasteiger partial charge is 0.326 e. The average Bonchev–Trinajstić information content (AvgIpc) is 3.23. The van der Waals surface area contributed by atoms with Crippen molar-refractivity contribution in [2.24, 2.45) is 5.92 Å². The number of hydrogen-bond acceptors (Lipinski definition) is 3. The molecule has 1 aliphatic carbocycles. The Morgan fingerprint density at radius 2 is 1.82 bits per heavy atom. The van der Waals surface area contributed by atoms with Gasteiger partial charge >= 0.3 is 0 Å². The number of nitrogens with one attached hydrogen (secondary N) is 2. The Kier molecular flexibility index (Phi) is 3.91. The van der Waals surface area contributed by atoms with Crippen LogP contribution in [0, 0.1) is 5.92 Å². The maximum atomic E-state index is 12.1. The van der Waals surface area contributed by atoms with Crippen LogP contribution in [0.2, 0.25) is 0 Å². The van der Waals surface area contributed by atoms with Crippen LogP contribution in [-0.4, -0.2) is 21.6 Å². The monoisotopic (exact) mass is 298 g/mol. The number of amides is 2. The van der Waals surface area contributed by atoms with E-state index in [-0.39, 0.29) is 23.8 Å². The Balaban J connectivity index is 1.58. The van der Waals surface area contributed by atoms with Crippen molar-refractivity contribution in [1.29, 1.82) is 0 Å². The van der Waals surface area contributed by atoms with Crippen molar-refractivity contribution in [3.8, 4) is 0 Å². The number of nitrogens with zero attached hydrogens (tertiary/aromatic N) is 2. The Labute approximate surface area is 128 Å². The second-order valence-corrected chi connectivity index (χ2v) is 5.49. The summed E-state index contributed by atoms with van der Waals surface area (Å²) in [5.41, 5.74) is 1.43. The first-order valence-electron chi connectivity index (χ1n) is 7.34. The van der Waals surface area contributed by atoms with Crippen LogP contribution in [0.25, 0.3) is 0 Å². The zero-order valence-corrected chi connectivity index (χ0v) is 12.3. The molecule has 1 aromatic carbocycles. The fourth-order valence-electron chi connectivity index (χ4n) is 2.10. The van der Waals surface area contributed by atoms with E-state index in [1.165, 1.54) is 0 Å². The van der Waals surface area contributed by atoms with Gasteiger partial charge in [0.25, 0.3) is 0 Å². The zero-order valence-electron chi connectivity index (χ0n) is 12.3. The van der Waals surface area contributed by atoms with E-state index in [4.69, 9.17) is 0 Å². The molecule has 2 N–H and O–H groups in total. The fourth-order valence-corrected chi connectivity index (χ4v) is 2.10. The van der Waals surface area contributed by atoms with E-state index in [0.717, 1.165) is 18.5 Å². The second-order valence-electron chi connectivity index (χ2n) is 5.49. The van der Waals surface area contributed by atoms with Gasteiger partial charge in [-0.1, -0.05) is 0 Å². The van der Waals surface area contributed by atoms with Crippen molar-refractivity contribution in [2.45, 2.75) is 25.8 Å². The Morgan fingerprint density at radius 1 is 1.18 bits per heavy atom. The normalized spacial score (nSPS) is 15.1. The van der Waals surface area contributed by atoms with Gasteiger partial charge in [-0.2, -0.15) is 5.10 Å². The van der Waals surface area contributed by atoms with Gasteiger partial charge in [-0.3, -0.25) is 14.3 Å². The van der Waals surface area contributed by atoms with Gasteiger partial charge in [-0.25, -0.2) is 0 Å². The van der Waals surface area contributed by atoms with Crippen LogP contribution in [-0.2, 0) is 9.59 Å². The van der Waals surface area contributed by atoms with E-state index in [1.807, 2.05) is 0 Å². The first-order valence-corrected chi connectivity index (χ1v) is 7.34. The minimum absolute atomic E-state index is 0.0732. The Bertz CT molecular complexity index is 660. The van der Waals surface area contributed by atoms with Crippen LogP contribution in [0.4, 0.5) is 11.4 Å². The molecule has 0 saturated heterocycles. The second kappa shape index (κ2) is 6.01. The molecule has 22 heavy (non-hydrogen) atoms. The van der Waals surface area contributed by atoms with Gasteiger partial charge in [-0.15, -0.1) is 0 Å². The van der Waals surface area contributed by atoms with Gasteiger partial charge in [0.1, 0.15) is 6.04 Å². The van der Waals surface area contributed by atoms with Gasteiger partial charge in [0.15, 0.2) is 0 Å². The summed E-state index contributed by atoms with van der Waals surface area (Å²) in [6.07, 6.45) is 5.35. The van der Waals surface area contributed by atoms with Crippen LogP contribution in [0.15, 0.2) is 42.7 Å². The van der Waals surface area contributed by atoms with E-state index >= 15 is 0 Å².